The molecule has 198 valence electrons. The Morgan fingerprint density at radius 3 is 2.53 bits per heavy atom. The van der Waals surface area contributed by atoms with Gasteiger partial charge in [-0.15, -0.1) is 0 Å². The number of nitrogens with zero attached hydrogens (tertiary/aromatic N) is 2. The van der Waals surface area contributed by atoms with Gasteiger partial charge in [-0.1, -0.05) is 51.0 Å². The summed E-state index contributed by atoms with van der Waals surface area (Å²) in [6.45, 7) is 14.5. The molecule has 3 rings (SSSR count). The smallest absolute Gasteiger partial charge is 0.307 e. The van der Waals surface area contributed by atoms with Gasteiger partial charge in [0.2, 0.25) is 5.91 Å². The predicted octanol–water partition coefficient (Wildman–Crippen LogP) is 5.93. The van der Waals surface area contributed by atoms with Crippen LogP contribution in [0.4, 0.5) is 4.79 Å². The van der Waals surface area contributed by atoms with Crippen LogP contribution < -0.4 is 4.74 Å². The number of carbonyl (C=O) groups is 3. The Labute approximate surface area is 217 Å². The number of aryl methyl sites for hydroxylation is 1. The molecule has 9 heteroatoms. The van der Waals surface area contributed by atoms with E-state index in [0.29, 0.717) is 13.0 Å². The fraction of sp³-hybridized carbons (Fsp3) is 0.630. The lowest BCUT2D eigenvalue weighted by Gasteiger charge is -2.20. The van der Waals surface area contributed by atoms with Crippen LogP contribution in [0.3, 0.4) is 0 Å². The van der Waals surface area contributed by atoms with E-state index in [4.69, 9.17) is 14.0 Å². The van der Waals surface area contributed by atoms with Crippen molar-refractivity contribution in [1.82, 2.24) is 10.1 Å². The molecule has 0 N–H and O–H groups in total. The van der Waals surface area contributed by atoms with Crippen molar-refractivity contribution in [1.29, 1.82) is 0 Å². The number of rotatable bonds is 10. The molecule has 8 nitrogen and oxygen atoms in total. The lowest BCUT2D eigenvalue weighted by Crippen LogP contribution is -2.34. The van der Waals surface area contributed by atoms with E-state index in [1.807, 2.05) is 12.1 Å². The van der Waals surface area contributed by atoms with Gasteiger partial charge < -0.3 is 14.0 Å². The van der Waals surface area contributed by atoms with Gasteiger partial charge in [0, 0.05) is 17.5 Å². The molecule has 36 heavy (non-hydrogen) atoms. The monoisotopic (exact) mass is 518 g/mol. The summed E-state index contributed by atoms with van der Waals surface area (Å²) in [6, 6.07) is 3.95. The fourth-order valence-electron chi connectivity index (χ4n) is 4.11. The lowest BCUT2D eigenvalue weighted by atomic mass is 9.89. The molecule has 1 aliphatic rings. The van der Waals surface area contributed by atoms with E-state index < -0.39 is 16.8 Å². The molecule has 1 aromatic heterocycles. The fourth-order valence-corrected chi connectivity index (χ4v) is 5.11. The van der Waals surface area contributed by atoms with E-state index in [1.165, 1.54) is 4.90 Å². The number of benzene rings is 1. The summed E-state index contributed by atoms with van der Waals surface area (Å²) in [6.07, 6.45) is 2.90. The van der Waals surface area contributed by atoms with Crippen LogP contribution in [0.25, 0.3) is 11.0 Å². The van der Waals surface area contributed by atoms with Gasteiger partial charge in [0.1, 0.15) is 16.6 Å². The number of esters is 1. The van der Waals surface area contributed by atoms with Gasteiger partial charge in [0.15, 0.2) is 5.58 Å². The molecule has 1 fully saturated rings. The third-order valence-corrected chi connectivity index (χ3v) is 6.61. The van der Waals surface area contributed by atoms with Crippen LogP contribution in [-0.4, -0.2) is 51.2 Å². The molecule has 1 unspecified atom stereocenters. The zero-order chi connectivity index (χ0) is 26.7. The number of hydrogen-bond donors (Lipinski definition) is 0. The standard InChI is InChI=1S/C27H38N2O6S/c1-8-10-18-20(12-11-17-19(16-26(2,3)4)28-35-23(17)18)33-14-9-13-29-24(31)21(36-25(29)32)15-22(30)34-27(5,6)7/h11-12,21H,8-10,13-16H2,1-7H3. The quantitative estimate of drug-likeness (QED) is 0.282. The van der Waals surface area contributed by atoms with Crippen molar-refractivity contribution in [2.75, 3.05) is 13.2 Å². The van der Waals surface area contributed by atoms with Crippen molar-refractivity contribution in [2.24, 2.45) is 5.41 Å². The van der Waals surface area contributed by atoms with Gasteiger partial charge in [-0.2, -0.15) is 0 Å². The van der Waals surface area contributed by atoms with Crippen molar-refractivity contribution in [2.45, 2.75) is 91.4 Å². The van der Waals surface area contributed by atoms with Gasteiger partial charge in [0.25, 0.3) is 5.24 Å². The lowest BCUT2D eigenvalue weighted by molar-refractivity contribution is -0.155. The average Bonchev–Trinajstić information content (AvgIpc) is 3.25. The Bertz CT molecular complexity index is 1110. The zero-order valence-corrected chi connectivity index (χ0v) is 23.3. The van der Waals surface area contributed by atoms with Gasteiger partial charge >= 0.3 is 5.97 Å². The van der Waals surface area contributed by atoms with Gasteiger partial charge in [-0.05, 0) is 57.6 Å². The minimum atomic E-state index is -0.736. The number of carbonyl (C=O) groups excluding carboxylic acids is 3. The first kappa shape index (κ1) is 28.0. The first-order valence-corrected chi connectivity index (χ1v) is 13.4. The van der Waals surface area contributed by atoms with Gasteiger partial charge in [-0.25, -0.2) is 0 Å². The number of imide groups is 1. The summed E-state index contributed by atoms with van der Waals surface area (Å²) in [7, 11) is 0. The summed E-state index contributed by atoms with van der Waals surface area (Å²) < 4.78 is 17.1. The van der Waals surface area contributed by atoms with Gasteiger partial charge in [-0.3, -0.25) is 19.3 Å². The Balaban J connectivity index is 1.59. The van der Waals surface area contributed by atoms with E-state index in [9.17, 15) is 14.4 Å². The Kier molecular flexibility index (Phi) is 8.75. The topological polar surface area (TPSA) is 98.9 Å². The molecule has 0 aliphatic carbocycles. The highest BCUT2D eigenvalue weighted by molar-refractivity contribution is 8.15. The van der Waals surface area contributed by atoms with Crippen molar-refractivity contribution in [3.63, 3.8) is 0 Å². The van der Waals surface area contributed by atoms with Crippen LogP contribution >= 0.6 is 11.8 Å². The van der Waals surface area contributed by atoms with Crippen LogP contribution in [-0.2, 0) is 27.2 Å². The number of hydrogen-bond acceptors (Lipinski definition) is 8. The number of aromatic nitrogens is 1. The first-order valence-electron chi connectivity index (χ1n) is 12.6. The predicted molar refractivity (Wildman–Crippen MR) is 140 cm³/mol. The molecule has 2 amide bonds. The number of amides is 2. The highest BCUT2D eigenvalue weighted by Gasteiger charge is 2.41. The molecule has 0 spiro atoms. The molecular formula is C27H38N2O6S. The summed E-state index contributed by atoms with van der Waals surface area (Å²) in [5.74, 6) is -0.0979. The average molecular weight is 519 g/mol. The molecule has 0 bridgehead atoms. The molecular weight excluding hydrogens is 480 g/mol. The molecule has 0 radical (unpaired) electrons. The third-order valence-electron chi connectivity index (χ3n) is 5.53. The second-order valence-corrected chi connectivity index (χ2v) is 12.5. The molecule has 1 aliphatic heterocycles. The first-order chi connectivity index (χ1) is 16.8. The Morgan fingerprint density at radius 1 is 1.17 bits per heavy atom. The SMILES string of the molecule is CCCc1c(OCCCN2C(=O)SC(CC(=O)OC(C)(C)C)C2=O)ccc2c(CC(C)(C)C)noc12. The van der Waals surface area contributed by atoms with E-state index in [-0.39, 0.29) is 29.5 Å². The molecule has 1 atom stereocenters. The van der Waals surface area contributed by atoms with Crippen LogP contribution in [0.5, 0.6) is 5.75 Å². The maximum Gasteiger partial charge on any atom is 0.307 e. The molecule has 1 saturated heterocycles. The summed E-state index contributed by atoms with van der Waals surface area (Å²) in [4.78, 5) is 38.3. The van der Waals surface area contributed by atoms with Crippen molar-refractivity contribution >= 4 is 39.8 Å². The minimum absolute atomic E-state index is 0.0958. The maximum absolute atomic E-state index is 12.7. The van der Waals surface area contributed by atoms with Crippen LogP contribution in [0.1, 0.15) is 79.0 Å². The zero-order valence-electron chi connectivity index (χ0n) is 22.4. The van der Waals surface area contributed by atoms with Crippen LogP contribution in [0.2, 0.25) is 0 Å². The molecule has 0 saturated carbocycles. The van der Waals surface area contributed by atoms with E-state index in [1.54, 1.807) is 20.8 Å². The number of thioether (sulfide) groups is 1. The Hall–Kier alpha value is -2.55. The van der Waals surface area contributed by atoms with Crippen molar-refractivity contribution in [3.8, 4) is 5.75 Å². The van der Waals surface area contributed by atoms with Crippen LogP contribution in [0, 0.1) is 5.41 Å². The molecule has 2 aromatic rings. The van der Waals surface area contributed by atoms with Crippen LogP contribution in [0.15, 0.2) is 16.7 Å². The molecule has 1 aromatic carbocycles. The summed E-state index contributed by atoms with van der Waals surface area (Å²) >= 11 is 0.883. The number of fused-ring (bicyclic) bond motifs is 1. The number of ether oxygens (including phenoxy) is 2. The minimum Gasteiger partial charge on any atom is -0.493 e. The van der Waals surface area contributed by atoms with Crippen molar-refractivity contribution in [3.05, 3.63) is 23.4 Å². The van der Waals surface area contributed by atoms with E-state index >= 15 is 0 Å². The van der Waals surface area contributed by atoms with Gasteiger partial charge in [0.05, 0.1) is 18.7 Å². The normalized spacial score (nSPS) is 16.8. The Morgan fingerprint density at radius 2 is 1.89 bits per heavy atom. The highest BCUT2D eigenvalue weighted by atomic mass is 32.2. The largest absolute Gasteiger partial charge is 0.493 e. The van der Waals surface area contributed by atoms with E-state index in [0.717, 1.165) is 59.0 Å². The summed E-state index contributed by atoms with van der Waals surface area (Å²) in [5.41, 5.74) is 2.16. The third kappa shape index (κ3) is 7.24. The van der Waals surface area contributed by atoms with E-state index in [2.05, 4.69) is 32.9 Å². The maximum atomic E-state index is 12.7. The molecule has 2 heterocycles. The second-order valence-electron chi connectivity index (χ2n) is 11.4. The van der Waals surface area contributed by atoms with Crippen molar-refractivity contribution < 1.29 is 28.4 Å². The summed E-state index contributed by atoms with van der Waals surface area (Å²) in [5, 5.41) is 4.27. The second kappa shape index (κ2) is 11.2. The highest BCUT2D eigenvalue weighted by Crippen LogP contribution is 2.34.